The standard InChI is InChI=1S/C14H14ClN3O2/c1-3-20-12(19)8-11-9(2)17-14(18-13(11)15)10-4-6-16-7-5-10/h4-7H,3,8H2,1-2H3. The number of halogens is 1. The fourth-order valence-electron chi connectivity index (χ4n) is 1.75. The van der Waals surface area contributed by atoms with Crippen LogP contribution >= 0.6 is 11.6 Å². The zero-order valence-corrected chi connectivity index (χ0v) is 12.0. The molecular weight excluding hydrogens is 278 g/mol. The quantitative estimate of drug-likeness (QED) is 0.640. The van der Waals surface area contributed by atoms with E-state index in [9.17, 15) is 4.79 Å². The number of rotatable bonds is 4. The highest BCUT2D eigenvalue weighted by atomic mass is 35.5. The molecule has 0 spiro atoms. The predicted octanol–water partition coefficient (Wildman–Crippen LogP) is 2.61. The van der Waals surface area contributed by atoms with Crippen LogP contribution < -0.4 is 0 Å². The van der Waals surface area contributed by atoms with Crippen molar-refractivity contribution in [3.8, 4) is 11.4 Å². The van der Waals surface area contributed by atoms with E-state index in [0.29, 0.717) is 23.7 Å². The Morgan fingerprint density at radius 1 is 1.30 bits per heavy atom. The lowest BCUT2D eigenvalue weighted by atomic mass is 10.1. The van der Waals surface area contributed by atoms with E-state index in [1.165, 1.54) is 0 Å². The van der Waals surface area contributed by atoms with Crippen LogP contribution in [0.25, 0.3) is 11.4 Å². The van der Waals surface area contributed by atoms with Crippen molar-refractivity contribution in [3.63, 3.8) is 0 Å². The number of ether oxygens (including phenoxy) is 1. The third-order valence-electron chi connectivity index (χ3n) is 2.73. The Bertz CT molecular complexity index is 594. The molecule has 0 aliphatic carbocycles. The minimum absolute atomic E-state index is 0.0785. The third-order valence-corrected chi connectivity index (χ3v) is 3.04. The summed E-state index contributed by atoms with van der Waals surface area (Å²) >= 11 is 6.15. The fourth-order valence-corrected chi connectivity index (χ4v) is 2.03. The average molecular weight is 292 g/mol. The Morgan fingerprint density at radius 2 is 2.00 bits per heavy atom. The minimum Gasteiger partial charge on any atom is -0.466 e. The maximum Gasteiger partial charge on any atom is 0.310 e. The van der Waals surface area contributed by atoms with Crippen LogP contribution in [0.1, 0.15) is 18.2 Å². The molecule has 2 heterocycles. The zero-order valence-electron chi connectivity index (χ0n) is 11.3. The summed E-state index contributed by atoms with van der Waals surface area (Å²) in [5, 5.41) is 0.275. The van der Waals surface area contributed by atoms with E-state index in [4.69, 9.17) is 16.3 Å². The van der Waals surface area contributed by atoms with Crippen molar-refractivity contribution in [1.82, 2.24) is 15.0 Å². The lowest BCUT2D eigenvalue weighted by Crippen LogP contribution is -2.11. The highest BCUT2D eigenvalue weighted by Gasteiger charge is 2.15. The molecule has 20 heavy (non-hydrogen) atoms. The van der Waals surface area contributed by atoms with Crippen LogP contribution in [0.2, 0.25) is 5.15 Å². The summed E-state index contributed by atoms with van der Waals surface area (Å²) in [4.78, 5) is 24.1. The molecular formula is C14H14ClN3O2. The first-order valence-corrected chi connectivity index (χ1v) is 6.58. The van der Waals surface area contributed by atoms with Crippen molar-refractivity contribution in [2.45, 2.75) is 20.3 Å². The molecule has 0 amide bonds. The van der Waals surface area contributed by atoms with Crippen molar-refractivity contribution in [2.24, 2.45) is 0 Å². The highest BCUT2D eigenvalue weighted by Crippen LogP contribution is 2.22. The monoisotopic (exact) mass is 291 g/mol. The first-order valence-electron chi connectivity index (χ1n) is 6.20. The van der Waals surface area contributed by atoms with Crippen molar-refractivity contribution in [3.05, 3.63) is 40.9 Å². The zero-order chi connectivity index (χ0) is 14.5. The van der Waals surface area contributed by atoms with E-state index in [0.717, 1.165) is 5.56 Å². The Hall–Kier alpha value is -2.01. The molecule has 104 valence electrons. The van der Waals surface area contributed by atoms with Crippen LogP contribution in [-0.4, -0.2) is 27.5 Å². The van der Waals surface area contributed by atoms with Crippen LogP contribution in [-0.2, 0) is 16.0 Å². The molecule has 5 nitrogen and oxygen atoms in total. The van der Waals surface area contributed by atoms with Crippen molar-refractivity contribution < 1.29 is 9.53 Å². The summed E-state index contributed by atoms with van der Waals surface area (Å²) in [5.41, 5.74) is 2.10. The lowest BCUT2D eigenvalue weighted by Gasteiger charge is -2.09. The summed E-state index contributed by atoms with van der Waals surface area (Å²) < 4.78 is 4.91. The molecule has 0 atom stereocenters. The molecule has 6 heteroatoms. The summed E-state index contributed by atoms with van der Waals surface area (Å²) in [5.74, 6) is 0.181. The molecule has 0 aromatic carbocycles. The van der Waals surface area contributed by atoms with Gasteiger partial charge in [0.2, 0.25) is 0 Å². The molecule has 0 N–H and O–H groups in total. The van der Waals surface area contributed by atoms with Crippen molar-refractivity contribution in [2.75, 3.05) is 6.61 Å². The number of carbonyl (C=O) groups is 1. The Balaban J connectivity index is 2.32. The molecule has 0 aliphatic heterocycles. The Morgan fingerprint density at radius 3 is 2.60 bits per heavy atom. The molecule has 0 saturated heterocycles. The van der Waals surface area contributed by atoms with E-state index in [-0.39, 0.29) is 17.5 Å². The van der Waals surface area contributed by atoms with Crippen LogP contribution in [0.5, 0.6) is 0 Å². The minimum atomic E-state index is -0.335. The van der Waals surface area contributed by atoms with Gasteiger partial charge in [0.05, 0.1) is 13.0 Å². The Labute approximate surface area is 122 Å². The molecule has 2 rings (SSSR count). The second-order valence-electron chi connectivity index (χ2n) is 4.12. The molecule has 0 unspecified atom stereocenters. The second-order valence-corrected chi connectivity index (χ2v) is 4.48. The van der Waals surface area contributed by atoms with Crippen molar-refractivity contribution >= 4 is 17.6 Å². The molecule has 0 saturated carbocycles. The number of aromatic nitrogens is 3. The molecule has 0 bridgehead atoms. The predicted molar refractivity (Wildman–Crippen MR) is 75.3 cm³/mol. The van der Waals surface area contributed by atoms with Crippen molar-refractivity contribution in [1.29, 1.82) is 0 Å². The van der Waals surface area contributed by atoms with Crippen LogP contribution in [0.15, 0.2) is 24.5 Å². The number of aryl methyl sites for hydroxylation is 1. The fraction of sp³-hybridized carbons (Fsp3) is 0.286. The summed E-state index contributed by atoms with van der Waals surface area (Å²) in [6, 6.07) is 3.60. The maximum absolute atomic E-state index is 11.5. The molecule has 2 aromatic rings. The second kappa shape index (κ2) is 6.43. The summed E-state index contributed by atoms with van der Waals surface area (Å²) in [6.45, 7) is 3.90. The van der Waals surface area contributed by atoms with E-state index in [1.54, 1.807) is 38.4 Å². The summed E-state index contributed by atoms with van der Waals surface area (Å²) in [6.07, 6.45) is 3.40. The van der Waals surface area contributed by atoms with Gasteiger partial charge in [0.25, 0.3) is 0 Å². The number of hydrogen-bond donors (Lipinski definition) is 0. The van der Waals surface area contributed by atoms with Gasteiger partial charge < -0.3 is 4.74 Å². The van der Waals surface area contributed by atoms with Gasteiger partial charge in [-0.1, -0.05) is 11.6 Å². The number of pyridine rings is 1. The van der Waals surface area contributed by atoms with Gasteiger partial charge in [-0.15, -0.1) is 0 Å². The molecule has 0 aliphatic rings. The number of carbonyl (C=O) groups excluding carboxylic acids is 1. The largest absolute Gasteiger partial charge is 0.466 e. The van der Waals surface area contributed by atoms with Crippen LogP contribution in [0.3, 0.4) is 0 Å². The molecule has 0 radical (unpaired) electrons. The van der Waals surface area contributed by atoms with Gasteiger partial charge in [0, 0.05) is 29.2 Å². The average Bonchev–Trinajstić information content (AvgIpc) is 2.44. The first kappa shape index (κ1) is 14.4. The van der Waals surface area contributed by atoms with Gasteiger partial charge in [0.1, 0.15) is 5.15 Å². The van der Waals surface area contributed by atoms with E-state index in [2.05, 4.69) is 15.0 Å². The Kier molecular flexibility index (Phi) is 4.63. The van der Waals surface area contributed by atoms with Gasteiger partial charge in [-0.25, -0.2) is 9.97 Å². The third kappa shape index (κ3) is 3.30. The normalized spacial score (nSPS) is 10.3. The molecule has 2 aromatic heterocycles. The van der Waals surface area contributed by atoms with Gasteiger partial charge in [-0.05, 0) is 26.0 Å². The van der Waals surface area contributed by atoms with E-state index in [1.807, 2.05) is 0 Å². The number of esters is 1. The van der Waals surface area contributed by atoms with Gasteiger partial charge in [-0.3, -0.25) is 9.78 Å². The highest BCUT2D eigenvalue weighted by molar-refractivity contribution is 6.30. The smallest absolute Gasteiger partial charge is 0.310 e. The van der Waals surface area contributed by atoms with E-state index >= 15 is 0 Å². The number of hydrogen-bond acceptors (Lipinski definition) is 5. The maximum atomic E-state index is 11.5. The molecule has 0 fully saturated rings. The van der Waals surface area contributed by atoms with Crippen LogP contribution in [0, 0.1) is 6.92 Å². The first-order chi connectivity index (χ1) is 9.61. The van der Waals surface area contributed by atoms with Gasteiger partial charge >= 0.3 is 5.97 Å². The van der Waals surface area contributed by atoms with E-state index < -0.39 is 0 Å². The topological polar surface area (TPSA) is 65.0 Å². The van der Waals surface area contributed by atoms with Gasteiger partial charge in [-0.2, -0.15) is 0 Å². The lowest BCUT2D eigenvalue weighted by molar-refractivity contribution is -0.142. The van der Waals surface area contributed by atoms with Crippen LogP contribution in [0.4, 0.5) is 0 Å². The SMILES string of the molecule is CCOC(=O)Cc1c(C)nc(-c2ccncc2)nc1Cl. The summed E-state index contributed by atoms with van der Waals surface area (Å²) in [7, 11) is 0. The van der Waals surface area contributed by atoms with Gasteiger partial charge in [0.15, 0.2) is 5.82 Å². The number of nitrogens with zero attached hydrogens (tertiary/aromatic N) is 3.